The molecule has 0 aliphatic carbocycles. The number of halogens is 4. The maximum absolute atomic E-state index is 13.0. The second-order valence-electron chi connectivity index (χ2n) is 5.46. The van der Waals surface area contributed by atoms with Crippen LogP contribution in [0.1, 0.15) is 21.5 Å². The summed E-state index contributed by atoms with van der Waals surface area (Å²) in [6.45, 7) is 0. The number of ether oxygens (including phenoxy) is 1. The Morgan fingerprint density at radius 3 is 2.35 bits per heavy atom. The van der Waals surface area contributed by atoms with Gasteiger partial charge in [0, 0.05) is 12.0 Å². The van der Waals surface area contributed by atoms with Gasteiger partial charge >= 0.3 is 12.1 Å². The van der Waals surface area contributed by atoms with Crippen LogP contribution in [-0.2, 0) is 22.1 Å². The molecule has 0 bridgehead atoms. The van der Waals surface area contributed by atoms with Gasteiger partial charge in [0.2, 0.25) is 0 Å². The summed E-state index contributed by atoms with van der Waals surface area (Å²) < 4.78 is 55.9. The lowest BCUT2D eigenvalue weighted by Crippen LogP contribution is -2.43. The van der Waals surface area contributed by atoms with Gasteiger partial charge in [-0.05, 0) is 35.9 Å². The summed E-state index contributed by atoms with van der Waals surface area (Å²) in [7, 11) is 1.12. The Labute approximate surface area is 146 Å². The molecule has 0 aromatic heterocycles. The quantitative estimate of drug-likeness (QED) is 0.650. The van der Waals surface area contributed by atoms with Crippen LogP contribution in [-0.4, -0.2) is 25.0 Å². The van der Waals surface area contributed by atoms with Crippen molar-refractivity contribution in [1.29, 1.82) is 0 Å². The molecule has 26 heavy (non-hydrogen) atoms. The number of esters is 1. The number of hydrogen-bond acceptors (Lipinski definition) is 3. The first-order chi connectivity index (χ1) is 12.2. The van der Waals surface area contributed by atoms with Gasteiger partial charge < -0.3 is 10.1 Å². The molecule has 8 heteroatoms. The van der Waals surface area contributed by atoms with Crippen molar-refractivity contribution in [3.8, 4) is 0 Å². The standard InChI is InChI=1S/C18H15F4NO3/c1-26-17(25)15(9-11-5-7-14(19)8-6-11)23-16(24)12-3-2-4-13(10-12)18(20,21)22/h2-8,10,15H,9H2,1H3,(H,23,24)/t15-/m1/s1. The molecule has 138 valence electrons. The molecule has 0 aliphatic heterocycles. The van der Waals surface area contributed by atoms with Gasteiger partial charge in [-0.3, -0.25) is 4.79 Å². The third kappa shape index (κ3) is 5.05. The van der Waals surface area contributed by atoms with E-state index in [-0.39, 0.29) is 12.0 Å². The van der Waals surface area contributed by atoms with Crippen molar-refractivity contribution in [2.45, 2.75) is 18.6 Å². The number of methoxy groups -OCH3 is 1. The van der Waals surface area contributed by atoms with E-state index in [0.29, 0.717) is 11.6 Å². The molecule has 0 unspecified atom stereocenters. The highest BCUT2D eigenvalue weighted by Gasteiger charge is 2.31. The molecule has 0 aliphatic rings. The van der Waals surface area contributed by atoms with Gasteiger partial charge in [0.1, 0.15) is 11.9 Å². The van der Waals surface area contributed by atoms with E-state index in [4.69, 9.17) is 0 Å². The zero-order chi connectivity index (χ0) is 19.3. The SMILES string of the molecule is COC(=O)[C@@H](Cc1ccc(F)cc1)NC(=O)c1cccc(C(F)(F)F)c1. The summed E-state index contributed by atoms with van der Waals surface area (Å²) in [5, 5.41) is 2.35. The Morgan fingerprint density at radius 2 is 1.77 bits per heavy atom. The third-order valence-electron chi connectivity index (χ3n) is 3.60. The number of benzene rings is 2. The fourth-order valence-corrected chi connectivity index (χ4v) is 2.27. The topological polar surface area (TPSA) is 55.4 Å². The van der Waals surface area contributed by atoms with E-state index in [1.807, 2.05) is 0 Å². The molecule has 0 spiro atoms. The van der Waals surface area contributed by atoms with Crippen LogP contribution in [0.5, 0.6) is 0 Å². The number of amides is 1. The zero-order valence-corrected chi connectivity index (χ0v) is 13.6. The summed E-state index contributed by atoms with van der Waals surface area (Å²) in [5.41, 5.74) is -0.669. The van der Waals surface area contributed by atoms with Crippen molar-refractivity contribution in [2.24, 2.45) is 0 Å². The van der Waals surface area contributed by atoms with Crippen molar-refractivity contribution in [3.05, 3.63) is 71.0 Å². The van der Waals surface area contributed by atoms with Crippen molar-refractivity contribution < 1.29 is 31.9 Å². The van der Waals surface area contributed by atoms with E-state index in [2.05, 4.69) is 10.1 Å². The van der Waals surface area contributed by atoms with Crippen LogP contribution in [0.4, 0.5) is 17.6 Å². The molecular formula is C18H15F4NO3. The molecular weight excluding hydrogens is 354 g/mol. The maximum atomic E-state index is 13.0. The van der Waals surface area contributed by atoms with Crippen LogP contribution >= 0.6 is 0 Å². The normalized spacial score (nSPS) is 12.3. The van der Waals surface area contributed by atoms with Crippen LogP contribution in [0.3, 0.4) is 0 Å². The van der Waals surface area contributed by atoms with E-state index < -0.39 is 35.5 Å². The highest BCUT2D eigenvalue weighted by atomic mass is 19.4. The van der Waals surface area contributed by atoms with Crippen molar-refractivity contribution in [2.75, 3.05) is 7.11 Å². The monoisotopic (exact) mass is 369 g/mol. The number of nitrogens with one attached hydrogen (secondary N) is 1. The Morgan fingerprint density at radius 1 is 1.12 bits per heavy atom. The third-order valence-corrected chi connectivity index (χ3v) is 3.60. The fraction of sp³-hybridized carbons (Fsp3) is 0.222. The molecule has 0 saturated heterocycles. The lowest BCUT2D eigenvalue weighted by molar-refractivity contribution is -0.143. The van der Waals surface area contributed by atoms with Gasteiger partial charge in [-0.25, -0.2) is 9.18 Å². The Kier molecular flexibility index (Phi) is 5.97. The minimum absolute atomic E-state index is 0.00233. The maximum Gasteiger partial charge on any atom is 0.416 e. The molecule has 4 nitrogen and oxygen atoms in total. The van der Waals surface area contributed by atoms with Crippen LogP contribution < -0.4 is 5.32 Å². The molecule has 0 radical (unpaired) electrons. The molecule has 0 fully saturated rings. The zero-order valence-electron chi connectivity index (χ0n) is 13.6. The Hall–Kier alpha value is -2.90. The average molecular weight is 369 g/mol. The number of hydrogen-bond donors (Lipinski definition) is 1. The highest BCUT2D eigenvalue weighted by molar-refractivity contribution is 5.97. The van der Waals surface area contributed by atoms with Crippen LogP contribution in [0.2, 0.25) is 0 Å². The fourth-order valence-electron chi connectivity index (χ4n) is 2.27. The second-order valence-corrected chi connectivity index (χ2v) is 5.46. The van der Waals surface area contributed by atoms with Crippen LogP contribution in [0.15, 0.2) is 48.5 Å². The first-order valence-electron chi connectivity index (χ1n) is 7.51. The number of rotatable bonds is 5. The van der Waals surface area contributed by atoms with E-state index in [1.165, 1.54) is 30.3 Å². The molecule has 1 N–H and O–H groups in total. The predicted molar refractivity (Wildman–Crippen MR) is 84.8 cm³/mol. The van der Waals surface area contributed by atoms with Gasteiger partial charge in [-0.2, -0.15) is 13.2 Å². The summed E-state index contributed by atoms with van der Waals surface area (Å²) in [6, 6.07) is 7.96. The number of alkyl halides is 3. The number of carbonyl (C=O) groups excluding carboxylic acids is 2. The van der Waals surface area contributed by atoms with Crippen molar-refractivity contribution in [3.63, 3.8) is 0 Å². The van der Waals surface area contributed by atoms with E-state index in [9.17, 15) is 27.2 Å². The molecule has 1 atom stereocenters. The van der Waals surface area contributed by atoms with Crippen LogP contribution in [0.25, 0.3) is 0 Å². The second kappa shape index (κ2) is 7.99. The van der Waals surface area contributed by atoms with Gasteiger partial charge in [-0.15, -0.1) is 0 Å². The predicted octanol–water partition coefficient (Wildman–Crippen LogP) is 3.36. The Bertz CT molecular complexity index is 788. The molecule has 2 rings (SSSR count). The molecule has 0 saturated carbocycles. The number of carbonyl (C=O) groups is 2. The highest BCUT2D eigenvalue weighted by Crippen LogP contribution is 2.29. The van der Waals surface area contributed by atoms with E-state index >= 15 is 0 Å². The smallest absolute Gasteiger partial charge is 0.416 e. The molecule has 0 heterocycles. The summed E-state index contributed by atoms with van der Waals surface area (Å²) in [5.74, 6) is -2.08. The minimum Gasteiger partial charge on any atom is -0.467 e. The van der Waals surface area contributed by atoms with E-state index in [0.717, 1.165) is 19.2 Å². The lowest BCUT2D eigenvalue weighted by Gasteiger charge is -2.17. The summed E-state index contributed by atoms with van der Waals surface area (Å²) >= 11 is 0. The summed E-state index contributed by atoms with van der Waals surface area (Å²) in [4.78, 5) is 24.1. The Balaban J connectivity index is 2.18. The van der Waals surface area contributed by atoms with Gasteiger partial charge in [0.15, 0.2) is 0 Å². The minimum atomic E-state index is -4.59. The molecule has 2 aromatic carbocycles. The van der Waals surface area contributed by atoms with E-state index in [1.54, 1.807) is 0 Å². The van der Waals surface area contributed by atoms with Gasteiger partial charge in [0.05, 0.1) is 12.7 Å². The van der Waals surface area contributed by atoms with Crippen LogP contribution in [0, 0.1) is 5.82 Å². The molecule has 2 aromatic rings. The van der Waals surface area contributed by atoms with Crippen molar-refractivity contribution in [1.82, 2.24) is 5.32 Å². The first kappa shape index (κ1) is 19.4. The average Bonchev–Trinajstić information content (AvgIpc) is 2.61. The van der Waals surface area contributed by atoms with Gasteiger partial charge in [-0.1, -0.05) is 18.2 Å². The van der Waals surface area contributed by atoms with Gasteiger partial charge in [0.25, 0.3) is 5.91 Å². The lowest BCUT2D eigenvalue weighted by atomic mass is 10.0. The largest absolute Gasteiger partial charge is 0.467 e. The molecule has 1 amide bonds. The summed E-state index contributed by atoms with van der Waals surface area (Å²) in [6.07, 6.45) is -4.59. The first-order valence-corrected chi connectivity index (χ1v) is 7.51. The van der Waals surface area contributed by atoms with Crippen molar-refractivity contribution >= 4 is 11.9 Å².